The summed E-state index contributed by atoms with van der Waals surface area (Å²) in [5.41, 5.74) is 0. The first-order chi connectivity index (χ1) is 10.0. The summed E-state index contributed by atoms with van der Waals surface area (Å²) < 4.78 is 13.8. The number of aromatic nitrogens is 1. The minimum Gasteiger partial charge on any atom is -0.306 e. The average Bonchev–Trinajstić information content (AvgIpc) is 2.78. The third-order valence-electron chi connectivity index (χ3n) is 2.77. The van der Waals surface area contributed by atoms with Gasteiger partial charge in [-0.25, -0.2) is 9.37 Å². The molecular weight excluding hydrogens is 334 g/mol. The molecule has 3 rings (SSSR count). The Hall–Kier alpha value is -1.69. The molecule has 0 aliphatic carbocycles. The van der Waals surface area contributed by atoms with Crippen LogP contribution < -0.4 is 5.32 Å². The number of rotatable bonds is 2. The number of benzene rings is 1. The zero-order valence-corrected chi connectivity index (χ0v) is 12.7. The first-order valence-electron chi connectivity index (χ1n) is 5.85. The molecule has 0 atom stereocenters. The zero-order valence-electron chi connectivity index (χ0n) is 10.4. The number of thiophene rings is 1. The van der Waals surface area contributed by atoms with Crippen molar-refractivity contribution in [2.75, 3.05) is 5.32 Å². The van der Waals surface area contributed by atoms with Gasteiger partial charge in [-0.05, 0) is 30.3 Å². The minimum absolute atomic E-state index is 0.307. The van der Waals surface area contributed by atoms with E-state index in [9.17, 15) is 9.18 Å². The van der Waals surface area contributed by atoms with Gasteiger partial charge in [0.1, 0.15) is 16.5 Å². The molecule has 0 unspecified atom stereocenters. The second kappa shape index (κ2) is 5.60. The molecule has 0 saturated heterocycles. The summed E-state index contributed by atoms with van der Waals surface area (Å²) in [6.45, 7) is 0. The van der Waals surface area contributed by atoms with E-state index in [1.54, 1.807) is 18.2 Å². The summed E-state index contributed by atoms with van der Waals surface area (Å²) >= 11 is 13.0. The lowest BCUT2D eigenvalue weighted by atomic mass is 10.2. The van der Waals surface area contributed by atoms with Crippen molar-refractivity contribution in [2.24, 2.45) is 0 Å². The molecule has 0 saturated carbocycles. The molecule has 21 heavy (non-hydrogen) atoms. The van der Waals surface area contributed by atoms with Crippen molar-refractivity contribution in [1.29, 1.82) is 0 Å². The Kier molecular flexibility index (Phi) is 3.80. The number of anilines is 1. The third kappa shape index (κ3) is 2.85. The van der Waals surface area contributed by atoms with Gasteiger partial charge < -0.3 is 5.32 Å². The van der Waals surface area contributed by atoms with Crippen LogP contribution in [0.1, 0.15) is 9.67 Å². The molecule has 106 valence electrons. The van der Waals surface area contributed by atoms with Gasteiger partial charge in [-0.15, -0.1) is 11.3 Å². The van der Waals surface area contributed by atoms with Crippen molar-refractivity contribution >= 4 is 56.3 Å². The van der Waals surface area contributed by atoms with Crippen molar-refractivity contribution in [3.05, 3.63) is 57.3 Å². The Bertz CT molecular complexity index is 833. The van der Waals surface area contributed by atoms with Gasteiger partial charge in [0.05, 0.1) is 10.0 Å². The van der Waals surface area contributed by atoms with Gasteiger partial charge in [0, 0.05) is 16.3 Å². The van der Waals surface area contributed by atoms with E-state index in [0.29, 0.717) is 30.8 Å². The number of carbonyl (C=O) groups is 1. The molecule has 0 aliphatic rings. The fourth-order valence-corrected chi connectivity index (χ4v) is 3.36. The highest BCUT2D eigenvalue weighted by molar-refractivity contribution is 7.21. The van der Waals surface area contributed by atoms with Crippen LogP contribution in [0.5, 0.6) is 0 Å². The molecule has 2 aromatic heterocycles. The first kappa shape index (κ1) is 14.3. The van der Waals surface area contributed by atoms with Crippen LogP contribution in [0.3, 0.4) is 0 Å². The van der Waals surface area contributed by atoms with Gasteiger partial charge in [-0.1, -0.05) is 23.2 Å². The van der Waals surface area contributed by atoms with E-state index in [1.807, 2.05) is 0 Å². The smallest absolute Gasteiger partial charge is 0.268 e. The van der Waals surface area contributed by atoms with Gasteiger partial charge in [0.25, 0.3) is 5.91 Å². The summed E-state index contributed by atoms with van der Waals surface area (Å²) in [6, 6.07) is 7.42. The van der Waals surface area contributed by atoms with Crippen LogP contribution in [0.15, 0.2) is 36.5 Å². The van der Waals surface area contributed by atoms with Gasteiger partial charge in [-0.2, -0.15) is 0 Å². The zero-order chi connectivity index (χ0) is 15.0. The lowest BCUT2D eigenvalue weighted by Gasteiger charge is -2.02. The van der Waals surface area contributed by atoms with E-state index in [-0.39, 0.29) is 5.82 Å². The predicted molar refractivity (Wildman–Crippen MR) is 84.0 cm³/mol. The SMILES string of the molecule is O=C(Nc1ccc(Cl)cn1)c1sc2cc(F)ccc2c1Cl. The monoisotopic (exact) mass is 340 g/mol. The van der Waals surface area contributed by atoms with E-state index < -0.39 is 5.91 Å². The number of nitrogens with one attached hydrogen (secondary N) is 1. The van der Waals surface area contributed by atoms with Crippen LogP contribution in [0.25, 0.3) is 10.1 Å². The second-order valence-corrected chi connectivity index (χ2v) is 6.07. The maximum Gasteiger partial charge on any atom is 0.268 e. The van der Waals surface area contributed by atoms with Crippen LogP contribution in [-0.2, 0) is 0 Å². The van der Waals surface area contributed by atoms with Crippen LogP contribution in [0.4, 0.5) is 10.2 Å². The quantitative estimate of drug-likeness (QED) is 0.713. The standard InChI is InChI=1S/C14H7Cl2FN2OS/c15-7-1-4-11(18-6-7)19-14(20)13-12(16)9-3-2-8(17)5-10(9)21-13/h1-6H,(H,18,19,20). The van der Waals surface area contributed by atoms with E-state index in [2.05, 4.69) is 10.3 Å². The van der Waals surface area contributed by atoms with Crippen molar-refractivity contribution in [2.45, 2.75) is 0 Å². The molecule has 0 aliphatic heterocycles. The van der Waals surface area contributed by atoms with Gasteiger partial charge in [-0.3, -0.25) is 4.79 Å². The average molecular weight is 341 g/mol. The Labute approximate surface area is 133 Å². The molecular formula is C14H7Cl2FN2OS. The largest absolute Gasteiger partial charge is 0.306 e. The van der Waals surface area contributed by atoms with Gasteiger partial charge in [0.15, 0.2) is 0 Å². The number of hydrogen-bond acceptors (Lipinski definition) is 3. The van der Waals surface area contributed by atoms with E-state index in [4.69, 9.17) is 23.2 Å². The number of halogens is 3. The molecule has 0 bridgehead atoms. The Morgan fingerprint density at radius 3 is 2.76 bits per heavy atom. The maximum absolute atomic E-state index is 13.2. The van der Waals surface area contributed by atoms with Gasteiger partial charge >= 0.3 is 0 Å². The van der Waals surface area contributed by atoms with Crippen LogP contribution in [-0.4, -0.2) is 10.9 Å². The molecule has 1 amide bonds. The summed E-state index contributed by atoms with van der Waals surface area (Å²) in [5, 5.41) is 4.06. The van der Waals surface area contributed by atoms with E-state index in [0.717, 1.165) is 11.3 Å². The molecule has 1 N–H and O–H groups in total. The minimum atomic E-state index is -0.392. The summed E-state index contributed by atoms with van der Waals surface area (Å²) in [6.07, 6.45) is 1.43. The van der Waals surface area contributed by atoms with Crippen molar-refractivity contribution in [3.8, 4) is 0 Å². The number of hydrogen-bond donors (Lipinski definition) is 1. The van der Waals surface area contributed by atoms with Crippen molar-refractivity contribution in [1.82, 2.24) is 4.98 Å². The first-order valence-corrected chi connectivity index (χ1v) is 7.42. The molecule has 3 nitrogen and oxygen atoms in total. The highest BCUT2D eigenvalue weighted by Crippen LogP contribution is 2.36. The van der Waals surface area contributed by atoms with Gasteiger partial charge in [0.2, 0.25) is 0 Å². The predicted octanol–water partition coefficient (Wildman–Crippen LogP) is 4.99. The molecule has 1 aromatic carbocycles. The number of carbonyl (C=O) groups excluding carboxylic acids is 1. The Morgan fingerprint density at radius 1 is 1.24 bits per heavy atom. The van der Waals surface area contributed by atoms with Crippen molar-refractivity contribution in [3.63, 3.8) is 0 Å². The summed E-state index contributed by atoms with van der Waals surface area (Å²) in [5.74, 6) is -0.396. The lowest BCUT2D eigenvalue weighted by molar-refractivity contribution is 0.103. The molecule has 3 aromatic rings. The highest BCUT2D eigenvalue weighted by atomic mass is 35.5. The third-order valence-corrected chi connectivity index (χ3v) is 4.65. The van der Waals surface area contributed by atoms with Crippen LogP contribution in [0, 0.1) is 5.82 Å². The molecule has 7 heteroatoms. The number of nitrogens with zero attached hydrogens (tertiary/aromatic N) is 1. The van der Waals surface area contributed by atoms with E-state index in [1.165, 1.54) is 18.3 Å². The normalized spacial score (nSPS) is 10.8. The topological polar surface area (TPSA) is 42.0 Å². The molecule has 0 fully saturated rings. The summed E-state index contributed by atoms with van der Waals surface area (Å²) in [7, 11) is 0. The van der Waals surface area contributed by atoms with E-state index >= 15 is 0 Å². The number of fused-ring (bicyclic) bond motifs is 1. The molecule has 2 heterocycles. The van der Waals surface area contributed by atoms with Crippen molar-refractivity contribution < 1.29 is 9.18 Å². The Balaban J connectivity index is 1.94. The molecule has 0 radical (unpaired) electrons. The fourth-order valence-electron chi connectivity index (χ4n) is 1.81. The Morgan fingerprint density at radius 2 is 2.05 bits per heavy atom. The van der Waals surface area contributed by atoms with Crippen LogP contribution in [0.2, 0.25) is 10.0 Å². The number of amides is 1. The molecule has 0 spiro atoms. The summed E-state index contributed by atoms with van der Waals surface area (Å²) in [4.78, 5) is 16.5. The van der Waals surface area contributed by atoms with Crippen LogP contribution >= 0.6 is 34.5 Å². The second-order valence-electron chi connectivity index (χ2n) is 4.20. The number of pyridine rings is 1. The fraction of sp³-hybridized carbons (Fsp3) is 0. The lowest BCUT2D eigenvalue weighted by Crippen LogP contribution is -2.11. The highest BCUT2D eigenvalue weighted by Gasteiger charge is 2.18. The maximum atomic E-state index is 13.2.